The summed E-state index contributed by atoms with van der Waals surface area (Å²) in [7, 11) is 0. The van der Waals surface area contributed by atoms with E-state index in [2.05, 4.69) is 0 Å². The number of hydrogen-bond acceptors (Lipinski definition) is 3. The van der Waals surface area contributed by atoms with Crippen molar-refractivity contribution in [2.75, 3.05) is 19.7 Å². The Balaban J connectivity index is 1.90. The van der Waals surface area contributed by atoms with Crippen molar-refractivity contribution in [1.29, 1.82) is 0 Å². The second-order valence-corrected chi connectivity index (χ2v) is 6.22. The fraction of sp³-hybridized carbons (Fsp3) is 0.300. The van der Waals surface area contributed by atoms with Crippen LogP contribution in [0.1, 0.15) is 28.8 Å². The zero-order chi connectivity index (χ0) is 18.7. The van der Waals surface area contributed by atoms with Gasteiger partial charge in [0.25, 0.3) is 5.91 Å². The number of aliphatic carboxylic acids is 1. The van der Waals surface area contributed by atoms with Gasteiger partial charge in [-0.25, -0.2) is 4.39 Å². The lowest BCUT2D eigenvalue weighted by molar-refractivity contribution is -0.141. The second kappa shape index (κ2) is 7.56. The highest BCUT2D eigenvalue weighted by Crippen LogP contribution is 2.35. The van der Waals surface area contributed by atoms with E-state index >= 15 is 0 Å². The van der Waals surface area contributed by atoms with E-state index in [-0.39, 0.29) is 36.9 Å². The van der Waals surface area contributed by atoms with Crippen molar-refractivity contribution in [3.8, 4) is 5.75 Å². The molecule has 1 N–H and O–H groups in total. The van der Waals surface area contributed by atoms with Crippen LogP contribution in [0.5, 0.6) is 5.75 Å². The van der Waals surface area contributed by atoms with Crippen LogP contribution in [-0.2, 0) is 4.79 Å². The lowest BCUT2D eigenvalue weighted by Gasteiger charge is -2.19. The summed E-state index contributed by atoms with van der Waals surface area (Å²) in [5.41, 5.74) is 0.990. The molecule has 0 saturated carbocycles. The molecular formula is C20H20FNO4. The summed E-state index contributed by atoms with van der Waals surface area (Å²) in [5, 5.41) is 9.58. The quantitative estimate of drug-likeness (QED) is 0.893. The molecule has 136 valence electrons. The van der Waals surface area contributed by atoms with Gasteiger partial charge in [0.05, 0.1) is 18.1 Å². The van der Waals surface area contributed by atoms with Gasteiger partial charge < -0.3 is 14.7 Å². The molecule has 26 heavy (non-hydrogen) atoms. The molecule has 2 atom stereocenters. The summed E-state index contributed by atoms with van der Waals surface area (Å²) < 4.78 is 19.3. The topological polar surface area (TPSA) is 66.8 Å². The molecule has 2 aromatic rings. The van der Waals surface area contributed by atoms with Gasteiger partial charge in [-0.15, -0.1) is 0 Å². The minimum absolute atomic E-state index is 0.0792. The van der Waals surface area contributed by atoms with Crippen molar-refractivity contribution in [2.45, 2.75) is 12.8 Å². The molecule has 1 fully saturated rings. The molecule has 1 aliphatic rings. The molecular weight excluding hydrogens is 337 g/mol. The minimum atomic E-state index is -0.946. The molecule has 6 heteroatoms. The molecule has 2 aromatic carbocycles. The first-order chi connectivity index (χ1) is 12.5. The number of para-hydroxylation sites is 1. The third-order valence-electron chi connectivity index (χ3n) is 4.64. The Hall–Kier alpha value is -2.89. The highest BCUT2D eigenvalue weighted by Gasteiger charge is 2.41. The molecule has 3 rings (SSSR count). The highest BCUT2D eigenvalue weighted by molar-refractivity contribution is 5.97. The van der Waals surface area contributed by atoms with Crippen LogP contribution in [0.2, 0.25) is 0 Å². The second-order valence-electron chi connectivity index (χ2n) is 6.22. The van der Waals surface area contributed by atoms with Gasteiger partial charge in [0.15, 0.2) is 11.6 Å². The summed E-state index contributed by atoms with van der Waals surface area (Å²) in [6, 6.07) is 13.5. The largest absolute Gasteiger partial charge is 0.490 e. The normalized spacial score (nSPS) is 19.4. The zero-order valence-electron chi connectivity index (χ0n) is 14.4. The number of benzene rings is 2. The van der Waals surface area contributed by atoms with E-state index in [0.29, 0.717) is 0 Å². The number of carboxylic acid groups (broad SMARTS) is 1. The van der Waals surface area contributed by atoms with Crippen LogP contribution in [0.4, 0.5) is 4.39 Å². The van der Waals surface area contributed by atoms with Gasteiger partial charge in [-0.2, -0.15) is 0 Å². The van der Waals surface area contributed by atoms with Gasteiger partial charge in [0, 0.05) is 19.0 Å². The Morgan fingerprint density at radius 3 is 2.54 bits per heavy atom. The first-order valence-electron chi connectivity index (χ1n) is 8.51. The maximum atomic E-state index is 14.0. The van der Waals surface area contributed by atoms with Crippen molar-refractivity contribution in [3.63, 3.8) is 0 Å². The molecule has 0 aromatic heterocycles. The van der Waals surface area contributed by atoms with Gasteiger partial charge >= 0.3 is 5.97 Å². The molecule has 0 radical (unpaired) electrons. The molecule has 0 spiro atoms. The number of halogens is 1. The monoisotopic (exact) mass is 357 g/mol. The first kappa shape index (κ1) is 17.9. The smallest absolute Gasteiger partial charge is 0.308 e. The number of carbonyl (C=O) groups excluding carboxylic acids is 1. The summed E-state index contributed by atoms with van der Waals surface area (Å²) in [6.07, 6.45) is 0. The van der Waals surface area contributed by atoms with Crippen molar-refractivity contribution >= 4 is 11.9 Å². The third kappa shape index (κ3) is 3.40. The van der Waals surface area contributed by atoms with E-state index in [1.165, 1.54) is 23.1 Å². The average Bonchev–Trinajstić information content (AvgIpc) is 3.09. The number of carbonyl (C=O) groups is 2. The number of amides is 1. The van der Waals surface area contributed by atoms with Crippen LogP contribution in [-0.4, -0.2) is 41.6 Å². The summed E-state index contributed by atoms with van der Waals surface area (Å²) in [6.45, 7) is 2.28. The van der Waals surface area contributed by atoms with Crippen molar-refractivity contribution < 1.29 is 23.8 Å². The van der Waals surface area contributed by atoms with Gasteiger partial charge in [0.1, 0.15) is 0 Å². The third-order valence-corrected chi connectivity index (χ3v) is 4.64. The molecule has 1 amide bonds. The highest BCUT2D eigenvalue weighted by atomic mass is 19.1. The molecule has 5 nitrogen and oxygen atoms in total. The van der Waals surface area contributed by atoms with Crippen LogP contribution in [0.15, 0.2) is 48.5 Å². The number of hydrogen-bond donors (Lipinski definition) is 1. The molecule has 1 saturated heterocycles. The Morgan fingerprint density at radius 1 is 1.15 bits per heavy atom. The maximum Gasteiger partial charge on any atom is 0.308 e. The van der Waals surface area contributed by atoms with Crippen LogP contribution < -0.4 is 4.74 Å². The first-order valence-corrected chi connectivity index (χ1v) is 8.51. The number of likely N-dealkylation sites (tertiary alicyclic amines) is 1. The van der Waals surface area contributed by atoms with Crippen LogP contribution in [0.3, 0.4) is 0 Å². The zero-order valence-corrected chi connectivity index (χ0v) is 14.4. The molecule has 1 heterocycles. The van der Waals surface area contributed by atoms with Crippen LogP contribution in [0.25, 0.3) is 0 Å². The van der Waals surface area contributed by atoms with Crippen LogP contribution >= 0.6 is 0 Å². The Labute approximate surface area is 151 Å². The summed E-state index contributed by atoms with van der Waals surface area (Å²) in [5.74, 6) is -3.07. The standard InChI is InChI=1S/C20H20FNO4/c1-2-26-18-14(9-6-10-17(18)21)19(23)22-11-15(16(12-22)20(24)25)13-7-4-3-5-8-13/h3-10,15-16H,2,11-12H2,1H3,(H,24,25)/t15-,16-/m0/s1. The molecule has 0 aliphatic carbocycles. The Bertz CT molecular complexity index is 809. The van der Waals surface area contributed by atoms with E-state index in [0.717, 1.165) is 5.56 Å². The van der Waals surface area contributed by atoms with E-state index in [4.69, 9.17) is 4.74 Å². The average molecular weight is 357 g/mol. The number of rotatable bonds is 5. The number of carboxylic acids is 1. The van der Waals surface area contributed by atoms with E-state index in [1.807, 2.05) is 30.3 Å². The van der Waals surface area contributed by atoms with Gasteiger partial charge in [-0.3, -0.25) is 9.59 Å². The van der Waals surface area contributed by atoms with Gasteiger partial charge in [0.2, 0.25) is 0 Å². The minimum Gasteiger partial charge on any atom is -0.490 e. The van der Waals surface area contributed by atoms with Crippen LogP contribution in [0, 0.1) is 11.7 Å². The van der Waals surface area contributed by atoms with Gasteiger partial charge in [-0.1, -0.05) is 36.4 Å². The Morgan fingerprint density at radius 2 is 1.88 bits per heavy atom. The number of ether oxygens (including phenoxy) is 1. The molecule has 1 aliphatic heterocycles. The fourth-order valence-electron chi connectivity index (χ4n) is 3.40. The molecule has 0 bridgehead atoms. The van der Waals surface area contributed by atoms with Gasteiger partial charge in [-0.05, 0) is 24.6 Å². The lowest BCUT2D eigenvalue weighted by atomic mass is 9.89. The van der Waals surface area contributed by atoms with E-state index in [1.54, 1.807) is 6.92 Å². The lowest BCUT2D eigenvalue weighted by Crippen LogP contribution is -2.30. The molecule has 0 unspecified atom stereocenters. The Kier molecular flexibility index (Phi) is 5.21. The predicted octanol–water partition coefficient (Wildman–Crippen LogP) is 3.16. The van der Waals surface area contributed by atoms with Crippen molar-refractivity contribution in [3.05, 3.63) is 65.5 Å². The summed E-state index contributed by atoms with van der Waals surface area (Å²) >= 11 is 0. The van der Waals surface area contributed by atoms with Crippen molar-refractivity contribution in [2.24, 2.45) is 5.92 Å². The SMILES string of the molecule is CCOc1c(F)cccc1C(=O)N1C[C@H](C(=O)O)[C@H](c2ccccc2)C1. The van der Waals surface area contributed by atoms with Crippen molar-refractivity contribution in [1.82, 2.24) is 4.90 Å². The predicted molar refractivity (Wildman–Crippen MR) is 93.8 cm³/mol. The van der Waals surface area contributed by atoms with E-state index in [9.17, 15) is 19.1 Å². The summed E-state index contributed by atoms with van der Waals surface area (Å²) in [4.78, 5) is 26.1. The maximum absolute atomic E-state index is 14.0. The fourth-order valence-corrected chi connectivity index (χ4v) is 3.40. The van der Waals surface area contributed by atoms with E-state index < -0.39 is 23.6 Å². The number of nitrogens with zero attached hydrogens (tertiary/aromatic N) is 1.